The maximum absolute atomic E-state index is 8.50. The van der Waals surface area contributed by atoms with Gasteiger partial charge in [0.25, 0.3) is 0 Å². The van der Waals surface area contributed by atoms with Gasteiger partial charge in [-0.2, -0.15) is 5.26 Å². The van der Waals surface area contributed by atoms with Gasteiger partial charge < -0.3 is 4.74 Å². The predicted molar refractivity (Wildman–Crippen MR) is 67.6 cm³/mol. The normalized spacial score (nSPS) is 9.59. The number of nitriles is 1. The van der Waals surface area contributed by atoms with Crippen LogP contribution in [0.3, 0.4) is 0 Å². The lowest BCUT2D eigenvalue weighted by Gasteiger charge is -2.10. The summed E-state index contributed by atoms with van der Waals surface area (Å²) in [7, 11) is 0. The first-order valence-electron chi connectivity index (χ1n) is 5.56. The van der Waals surface area contributed by atoms with Gasteiger partial charge >= 0.3 is 0 Å². The summed E-state index contributed by atoms with van der Waals surface area (Å²) < 4.78 is 5.61. The third-order valence-electron chi connectivity index (χ3n) is 2.44. The van der Waals surface area contributed by atoms with Crippen LogP contribution >= 0.6 is 0 Å². The molecule has 84 valence electrons. The first-order valence-corrected chi connectivity index (χ1v) is 5.56. The Kier molecular flexibility index (Phi) is 3.77. The number of rotatable bonds is 4. The van der Waals surface area contributed by atoms with Gasteiger partial charge in [-0.05, 0) is 11.6 Å². The maximum Gasteiger partial charge on any atom is 0.127 e. The molecular formula is C15H13NO. The standard InChI is InChI=1S/C15H13NO/c16-11-6-12-17-15-10-5-4-9-14(15)13-7-2-1-3-8-13/h1-5,7-10H,6,12H2. The molecule has 0 N–H and O–H groups in total. The lowest BCUT2D eigenvalue weighted by atomic mass is 10.1. The Morgan fingerprint density at radius 1 is 0.941 bits per heavy atom. The van der Waals surface area contributed by atoms with Gasteiger partial charge in [0.05, 0.1) is 12.5 Å². The highest BCUT2D eigenvalue weighted by molar-refractivity contribution is 5.70. The fraction of sp³-hybridized carbons (Fsp3) is 0.133. The molecule has 2 rings (SSSR count). The smallest absolute Gasteiger partial charge is 0.127 e. The second kappa shape index (κ2) is 5.72. The molecule has 0 heterocycles. The zero-order valence-corrected chi connectivity index (χ0v) is 9.47. The Labute approximate surface area is 101 Å². The van der Waals surface area contributed by atoms with Crippen LogP contribution in [0.1, 0.15) is 6.42 Å². The number of hydrogen-bond donors (Lipinski definition) is 0. The Morgan fingerprint density at radius 3 is 2.41 bits per heavy atom. The Bertz CT molecular complexity index is 514. The van der Waals surface area contributed by atoms with E-state index in [2.05, 4.69) is 6.07 Å². The molecule has 0 saturated heterocycles. The van der Waals surface area contributed by atoms with E-state index in [0.29, 0.717) is 13.0 Å². The summed E-state index contributed by atoms with van der Waals surface area (Å²) >= 11 is 0. The van der Waals surface area contributed by atoms with Crippen molar-refractivity contribution in [3.63, 3.8) is 0 Å². The average molecular weight is 223 g/mol. The van der Waals surface area contributed by atoms with Gasteiger partial charge in [0.1, 0.15) is 12.4 Å². The van der Waals surface area contributed by atoms with Crippen LogP contribution in [-0.4, -0.2) is 6.61 Å². The molecule has 0 bridgehead atoms. The fourth-order valence-electron chi connectivity index (χ4n) is 1.66. The molecule has 0 aliphatic rings. The van der Waals surface area contributed by atoms with Crippen LogP contribution in [0.5, 0.6) is 5.75 Å². The van der Waals surface area contributed by atoms with Gasteiger partial charge in [-0.15, -0.1) is 0 Å². The second-order valence-electron chi connectivity index (χ2n) is 3.62. The summed E-state index contributed by atoms with van der Waals surface area (Å²) in [6.45, 7) is 0.431. The van der Waals surface area contributed by atoms with Gasteiger partial charge in [-0.25, -0.2) is 0 Å². The van der Waals surface area contributed by atoms with Crippen LogP contribution in [-0.2, 0) is 0 Å². The molecule has 0 fully saturated rings. The molecule has 0 aliphatic carbocycles. The molecule has 0 saturated carbocycles. The number of nitrogens with zero attached hydrogens (tertiary/aromatic N) is 1. The van der Waals surface area contributed by atoms with Crippen molar-refractivity contribution in [3.05, 3.63) is 54.6 Å². The molecule has 17 heavy (non-hydrogen) atoms. The Morgan fingerprint density at radius 2 is 1.65 bits per heavy atom. The van der Waals surface area contributed by atoms with E-state index in [1.54, 1.807) is 0 Å². The first kappa shape index (κ1) is 11.2. The number of benzene rings is 2. The molecular weight excluding hydrogens is 210 g/mol. The van der Waals surface area contributed by atoms with Crippen LogP contribution in [0.2, 0.25) is 0 Å². The van der Waals surface area contributed by atoms with Gasteiger partial charge in [-0.3, -0.25) is 0 Å². The van der Waals surface area contributed by atoms with Crippen LogP contribution in [0.25, 0.3) is 11.1 Å². The third-order valence-corrected chi connectivity index (χ3v) is 2.44. The molecule has 0 unspecified atom stereocenters. The highest BCUT2D eigenvalue weighted by Gasteiger charge is 2.04. The lowest BCUT2D eigenvalue weighted by Crippen LogP contribution is -1.97. The zero-order valence-electron chi connectivity index (χ0n) is 9.47. The van der Waals surface area contributed by atoms with Crippen LogP contribution in [0.4, 0.5) is 0 Å². The minimum absolute atomic E-state index is 0.406. The predicted octanol–water partition coefficient (Wildman–Crippen LogP) is 3.65. The number of ether oxygens (including phenoxy) is 1. The molecule has 2 heteroatoms. The summed E-state index contributed by atoms with van der Waals surface area (Å²) in [5, 5.41) is 8.50. The SMILES string of the molecule is N#CCCOc1ccccc1-c1ccccc1. The summed E-state index contributed by atoms with van der Waals surface area (Å²) in [5.74, 6) is 0.828. The van der Waals surface area contributed by atoms with Gasteiger partial charge in [-0.1, -0.05) is 48.5 Å². The van der Waals surface area contributed by atoms with Gasteiger partial charge in [0.2, 0.25) is 0 Å². The zero-order chi connectivity index (χ0) is 11.9. The van der Waals surface area contributed by atoms with Crippen molar-refractivity contribution in [3.8, 4) is 22.9 Å². The number of hydrogen-bond acceptors (Lipinski definition) is 2. The molecule has 0 atom stereocenters. The van der Waals surface area contributed by atoms with Crippen LogP contribution < -0.4 is 4.74 Å². The van der Waals surface area contributed by atoms with Crippen molar-refractivity contribution >= 4 is 0 Å². The van der Waals surface area contributed by atoms with Crippen molar-refractivity contribution in [2.75, 3.05) is 6.61 Å². The molecule has 0 aromatic heterocycles. The van der Waals surface area contributed by atoms with E-state index >= 15 is 0 Å². The van der Waals surface area contributed by atoms with Gasteiger partial charge in [0.15, 0.2) is 0 Å². The second-order valence-corrected chi connectivity index (χ2v) is 3.62. The minimum Gasteiger partial charge on any atom is -0.492 e. The summed E-state index contributed by atoms with van der Waals surface area (Å²) in [5.41, 5.74) is 2.19. The van der Waals surface area contributed by atoms with E-state index in [9.17, 15) is 0 Å². The van der Waals surface area contributed by atoms with E-state index in [0.717, 1.165) is 16.9 Å². The summed E-state index contributed by atoms with van der Waals surface area (Å²) in [4.78, 5) is 0. The molecule has 0 amide bonds. The first-order chi connectivity index (χ1) is 8.42. The quantitative estimate of drug-likeness (QED) is 0.741. The van der Waals surface area contributed by atoms with Crippen LogP contribution in [0, 0.1) is 11.3 Å². The molecule has 0 radical (unpaired) electrons. The molecule has 2 aromatic carbocycles. The third kappa shape index (κ3) is 2.85. The minimum atomic E-state index is 0.406. The summed E-state index contributed by atoms with van der Waals surface area (Å²) in [6, 6.07) is 20.0. The number of para-hydroxylation sites is 1. The van der Waals surface area contributed by atoms with E-state index < -0.39 is 0 Å². The largest absolute Gasteiger partial charge is 0.492 e. The molecule has 0 spiro atoms. The van der Waals surface area contributed by atoms with Gasteiger partial charge in [0, 0.05) is 5.56 Å². The maximum atomic E-state index is 8.50. The van der Waals surface area contributed by atoms with E-state index in [-0.39, 0.29) is 0 Å². The van der Waals surface area contributed by atoms with Crippen molar-refractivity contribution < 1.29 is 4.74 Å². The highest BCUT2D eigenvalue weighted by atomic mass is 16.5. The van der Waals surface area contributed by atoms with Crippen LogP contribution in [0.15, 0.2) is 54.6 Å². The lowest BCUT2D eigenvalue weighted by molar-refractivity contribution is 0.328. The highest BCUT2D eigenvalue weighted by Crippen LogP contribution is 2.29. The molecule has 2 nitrogen and oxygen atoms in total. The Balaban J connectivity index is 2.25. The van der Waals surface area contributed by atoms with Crippen molar-refractivity contribution in [2.45, 2.75) is 6.42 Å². The molecule has 2 aromatic rings. The average Bonchev–Trinajstić information content (AvgIpc) is 2.41. The van der Waals surface area contributed by atoms with E-state index in [1.807, 2.05) is 54.6 Å². The molecule has 0 aliphatic heterocycles. The van der Waals surface area contributed by atoms with Crippen molar-refractivity contribution in [1.29, 1.82) is 5.26 Å². The fourth-order valence-corrected chi connectivity index (χ4v) is 1.66. The Hall–Kier alpha value is -2.27. The van der Waals surface area contributed by atoms with Crippen molar-refractivity contribution in [1.82, 2.24) is 0 Å². The van der Waals surface area contributed by atoms with E-state index in [1.165, 1.54) is 0 Å². The monoisotopic (exact) mass is 223 g/mol. The topological polar surface area (TPSA) is 33.0 Å². The van der Waals surface area contributed by atoms with E-state index in [4.69, 9.17) is 10.00 Å². The van der Waals surface area contributed by atoms with Crippen molar-refractivity contribution in [2.24, 2.45) is 0 Å². The summed E-state index contributed by atoms with van der Waals surface area (Å²) in [6.07, 6.45) is 0.406.